The van der Waals surface area contributed by atoms with Crippen molar-refractivity contribution in [1.82, 2.24) is 0 Å². The number of thioether (sulfide) groups is 1. The van der Waals surface area contributed by atoms with Crippen LogP contribution in [0.4, 0.5) is 0 Å². The molecule has 0 amide bonds. The molecule has 2 aliphatic rings. The van der Waals surface area contributed by atoms with Gasteiger partial charge in [-0.2, -0.15) is 11.8 Å². The third-order valence-corrected chi connectivity index (χ3v) is 6.34. The first-order valence-electron chi connectivity index (χ1n) is 7.39. The molecule has 3 atom stereocenters. The highest BCUT2D eigenvalue weighted by atomic mass is 32.2. The van der Waals surface area contributed by atoms with Crippen molar-refractivity contribution in [2.45, 2.75) is 74.5 Å². The second-order valence-corrected chi connectivity index (χ2v) is 7.72. The summed E-state index contributed by atoms with van der Waals surface area (Å²) in [7, 11) is 0. The van der Waals surface area contributed by atoms with Gasteiger partial charge in [0.15, 0.2) is 0 Å². The molecule has 0 aromatic rings. The first kappa shape index (κ1) is 15.5. The summed E-state index contributed by atoms with van der Waals surface area (Å²) in [4.78, 5) is 21.3. The summed E-state index contributed by atoms with van der Waals surface area (Å²) >= 11 is 1.93. The van der Waals surface area contributed by atoms with E-state index in [-0.39, 0.29) is 27.8 Å². The van der Waals surface area contributed by atoms with Gasteiger partial charge in [-0.05, 0) is 25.7 Å². The van der Waals surface area contributed by atoms with E-state index in [9.17, 15) is 20.2 Å². The van der Waals surface area contributed by atoms with Gasteiger partial charge >= 0.3 is 0 Å². The summed E-state index contributed by atoms with van der Waals surface area (Å²) in [5.41, 5.74) is 0. The summed E-state index contributed by atoms with van der Waals surface area (Å²) in [6.45, 7) is 1.98. The molecule has 6 nitrogen and oxygen atoms in total. The molecule has 0 aromatic carbocycles. The normalized spacial score (nSPS) is 38.4. The zero-order chi connectivity index (χ0) is 14.7. The summed E-state index contributed by atoms with van der Waals surface area (Å²) in [5, 5.41) is 22.6. The second-order valence-electron chi connectivity index (χ2n) is 6.12. The molecular weight excluding hydrogens is 280 g/mol. The molecule has 2 fully saturated rings. The Balaban J connectivity index is 1.76. The van der Waals surface area contributed by atoms with E-state index in [1.54, 1.807) is 0 Å². The van der Waals surface area contributed by atoms with Crippen LogP contribution in [0.25, 0.3) is 0 Å². The van der Waals surface area contributed by atoms with Crippen LogP contribution >= 0.6 is 11.8 Å². The van der Waals surface area contributed by atoms with Gasteiger partial charge in [0.25, 0.3) is 0 Å². The van der Waals surface area contributed by atoms with Crippen LogP contribution in [-0.4, -0.2) is 32.4 Å². The Morgan fingerprint density at radius 1 is 0.900 bits per heavy atom. The topological polar surface area (TPSA) is 86.3 Å². The smallest absolute Gasteiger partial charge is 0.215 e. The lowest BCUT2D eigenvalue weighted by Crippen LogP contribution is -2.35. The number of nitro groups is 2. The zero-order valence-corrected chi connectivity index (χ0v) is 12.6. The number of rotatable bonds is 4. The van der Waals surface area contributed by atoms with Crippen LogP contribution < -0.4 is 0 Å². The van der Waals surface area contributed by atoms with Gasteiger partial charge in [-0.1, -0.05) is 6.92 Å². The van der Waals surface area contributed by atoms with E-state index in [0.717, 1.165) is 25.7 Å². The predicted molar refractivity (Wildman–Crippen MR) is 78.2 cm³/mol. The van der Waals surface area contributed by atoms with Crippen LogP contribution in [0.5, 0.6) is 0 Å². The first-order chi connectivity index (χ1) is 9.47. The Kier molecular flexibility index (Phi) is 5.23. The molecule has 2 saturated carbocycles. The quantitative estimate of drug-likeness (QED) is 0.588. The van der Waals surface area contributed by atoms with Gasteiger partial charge in [-0.3, -0.25) is 20.2 Å². The lowest BCUT2D eigenvalue weighted by atomic mass is 9.86. The van der Waals surface area contributed by atoms with Crippen LogP contribution in [0.1, 0.15) is 51.9 Å². The molecule has 0 bridgehead atoms. The number of hydrogen-bond donors (Lipinski definition) is 0. The average molecular weight is 302 g/mol. The molecule has 0 radical (unpaired) electrons. The minimum absolute atomic E-state index is 0.131. The molecule has 20 heavy (non-hydrogen) atoms. The van der Waals surface area contributed by atoms with E-state index in [1.807, 2.05) is 18.7 Å². The fourth-order valence-corrected chi connectivity index (χ4v) is 5.21. The maximum atomic E-state index is 10.9. The maximum Gasteiger partial charge on any atom is 0.215 e. The Labute approximate surface area is 123 Å². The molecule has 114 valence electrons. The monoisotopic (exact) mass is 302 g/mol. The highest BCUT2D eigenvalue weighted by Crippen LogP contribution is 2.39. The highest BCUT2D eigenvalue weighted by molar-refractivity contribution is 8.00. The molecule has 2 aliphatic carbocycles. The lowest BCUT2D eigenvalue weighted by Gasteiger charge is -2.32. The minimum atomic E-state index is -0.378. The van der Waals surface area contributed by atoms with Gasteiger partial charge in [0.2, 0.25) is 12.1 Å². The van der Waals surface area contributed by atoms with Crippen LogP contribution in [0, 0.1) is 26.1 Å². The molecule has 0 N–H and O–H groups in total. The van der Waals surface area contributed by atoms with Crippen LogP contribution in [0.2, 0.25) is 0 Å². The van der Waals surface area contributed by atoms with Crippen molar-refractivity contribution in [1.29, 1.82) is 0 Å². The third-order valence-electron chi connectivity index (χ3n) is 4.67. The Morgan fingerprint density at radius 2 is 1.50 bits per heavy atom. The van der Waals surface area contributed by atoms with Gasteiger partial charge in [-0.15, -0.1) is 0 Å². The zero-order valence-electron chi connectivity index (χ0n) is 11.8. The van der Waals surface area contributed by atoms with E-state index in [2.05, 4.69) is 0 Å². The fourth-order valence-electron chi connectivity index (χ4n) is 3.43. The summed E-state index contributed by atoms with van der Waals surface area (Å²) in [6, 6.07) is -0.729. The molecule has 0 aliphatic heterocycles. The molecular formula is C13H22N2O4S. The van der Waals surface area contributed by atoms with Gasteiger partial charge in [0.05, 0.1) is 0 Å². The molecule has 0 spiro atoms. The average Bonchev–Trinajstić information content (AvgIpc) is 2.39. The Hall–Kier alpha value is -0.850. The van der Waals surface area contributed by atoms with Crippen molar-refractivity contribution >= 4 is 11.8 Å². The van der Waals surface area contributed by atoms with Crippen molar-refractivity contribution in [3.05, 3.63) is 20.2 Å². The van der Waals surface area contributed by atoms with Crippen LogP contribution in [0.15, 0.2) is 0 Å². The molecule has 2 rings (SSSR count). The van der Waals surface area contributed by atoms with E-state index < -0.39 is 0 Å². The van der Waals surface area contributed by atoms with Crippen molar-refractivity contribution in [3.63, 3.8) is 0 Å². The second kappa shape index (κ2) is 6.74. The first-order valence-corrected chi connectivity index (χ1v) is 8.34. The number of hydrogen-bond acceptors (Lipinski definition) is 5. The Bertz CT molecular complexity index is 371. The van der Waals surface area contributed by atoms with Gasteiger partial charge in [0.1, 0.15) is 0 Å². The largest absolute Gasteiger partial charge is 0.264 e. The Morgan fingerprint density at radius 3 is 2.00 bits per heavy atom. The van der Waals surface area contributed by atoms with Crippen LogP contribution in [-0.2, 0) is 0 Å². The van der Waals surface area contributed by atoms with E-state index in [4.69, 9.17) is 0 Å². The van der Waals surface area contributed by atoms with E-state index in [0.29, 0.717) is 29.8 Å². The molecule has 0 heterocycles. The standard InChI is InChI=1S/C13H22N2O4S/c1-9-8-12(6-7-13(9)15(18)19)20-11-4-2-10(3-5-11)14(16)17/h9-13H,2-8H2,1H3/t9-,10?,11?,12-,13+/m1/s1. The minimum Gasteiger partial charge on any atom is -0.264 e. The van der Waals surface area contributed by atoms with Crippen molar-refractivity contribution in [3.8, 4) is 0 Å². The van der Waals surface area contributed by atoms with Gasteiger partial charge in [0, 0.05) is 45.5 Å². The van der Waals surface area contributed by atoms with Crippen molar-refractivity contribution < 1.29 is 9.85 Å². The molecule has 0 saturated heterocycles. The maximum absolute atomic E-state index is 10.9. The molecule has 7 heteroatoms. The molecule has 0 unspecified atom stereocenters. The molecule has 0 aromatic heterocycles. The predicted octanol–water partition coefficient (Wildman–Crippen LogP) is 3.14. The van der Waals surface area contributed by atoms with Gasteiger partial charge < -0.3 is 0 Å². The SMILES string of the molecule is C[C@@H]1C[C@H](SC2CCC([N+](=O)[O-])CC2)CC[C@@H]1[N+](=O)[O-]. The van der Waals surface area contributed by atoms with Crippen molar-refractivity contribution in [2.24, 2.45) is 5.92 Å². The lowest BCUT2D eigenvalue weighted by molar-refractivity contribution is -0.534. The highest BCUT2D eigenvalue weighted by Gasteiger charge is 2.37. The van der Waals surface area contributed by atoms with Crippen molar-refractivity contribution in [2.75, 3.05) is 0 Å². The third kappa shape index (κ3) is 3.84. The van der Waals surface area contributed by atoms with E-state index in [1.165, 1.54) is 0 Å². The summed E-state index contributed by atoms with van der Waals surface area (Å²) in [5.74, 6) is 0.145. The van der Waals surface area contributed by atoms with Gasteiger partial charge in [-0.25, -0.2) is 0 Å². The fraction of sp³-hybridized carbons (Fsp3) is 1.00. The van der Waals surface area contributed by atoms with Crippen LogP contribution in [0.3, 0.4) is 0 Å². The number of nitrogens with zero attached hydrogens (tertiary/aromatic N) is 2. The van der Waals surface area contributed by atoms with E-state index >= 15 is 0 Å². The summed E-state index contributed by atoms with van der Waals surface area (Å²) < 4.78 is 0. The summed E-state index contributed by atoms with van der Waals surface area (Å²) in [6.07, 6.45) is 5.70.